The maximum Gasteiger partial charge on any atom is 0.0453 e. The minimum Gasteiger partial charge on any atom is -0.324 e. The van der Waals surface area contributed by atoms with E-state index < -0.39 is 0 Å². The first-order valence-electron chi connectivity index (χ1n) is 4.79. The molecule has 0 aromatic heterocycles. The summed E-state index contributed by atoms with van der Waals surface area (Å²) in [6, 6.07) is 8.03. The number of rotatable bonds is 2. The molecule has 0 aliphatic heterocycles. The monoisotopic (exact) mass is 231 g/mol. The van der Waals surface area contributed by atoms with Crippen LogP contribution in [0.15, 0.2) is 24.3 Å². The maximum absolute atomic E-state index is 6.12. The number of nitrogens with two attached hydrogens (primary N) is 1. The van der Waals surface area contributed by atoms with Gasteiger partial charge in [-0.25, -0.2) is 0 Å². The predicted octanol–water partition coefficient (Wildman–Crippen LogP) is 3.56. The van der Waals surface area contributed by atoms with Crippen LogP contribution in [0.2, 0.25) is 5.02 Å². The third-order valence-electron chi connectivity index (χ3n) is 2.92. The second kappa shape index (κ2) is 5.01. The average Bonchev–Trinajstić information content (AvgIpc) is 2.01. The van der Waals surface area contributed by atoms with Crippen LogP contribution < -0.4 is 5.73 Å². The average molecular weight is 232 g/mol. The Bertz CT molecular complexity index is 297. The molecule has 0 amide bonds. The van der Waals surface area contributed by atoms with Crippen LogP contribution >= 0.6 is 24.0 Å². The molecular weight excluding hydrogens is 217 g/mol. The van der Waals surface area contributed by atoms with Gasteiger partial charge in [0.15, 0.2) is 0 Å². The minimum atomic E-state index is 0. The first kappa shape index (κ1) is 11.8. The van der Waals surface area contributed by atoms with Crippen molar-refractivity contribution in [3.63, 3.8) is 0 Å². The van der Waals surface area contributed by atoms with Gasteiger partial charge in [-0.3, -0.25) is 0 Å². The van der Waals surface area contributed by atoms with Crippen LogP contribution in [0.5, 0.6) is 0 Å². The summed E-state index contributed by atoms with van der Waals surface area (Å²) >= 11 is 6.06. The maximum atomic E-state index is 6.12. The fourth-order valence-electron chi connectivity index (χ4n) is 1.80. The molecule has 14 heavy (non-hydrogen) atoms. The molecule has 1 saturated carbocycles. The molecule has 2 rings (SSSR count). The van der Waals surface area contributed by atoms with Crippen molar-refractivity contribution in [1.29, 1.82) is 0 Å². The summed E-state index contributed by atoms with van der Waals surface area (Å²) < 4.78 is 0. The highest BCUT2D eigenvalue weighted by Crippen LogP contribution is 2.38. The lowest BCUT2D eigenvalue weighted by atomic mass is 9.77. The Morgan fingerprint density at radius 1 is 1.29 bits per heavy atom. The predicted molar refractivity (Wildman–Crippen MR) is 63.0 cm³/mol. The van der Waals surface area contributed by atoms with Crippen LogP contribution in [-0.4, -0.2) is 0 Å². The van der Waals surface area contributed by atoms with Gasteiger partial charge in [0.2, 0.25) is 0 Å². The van der Waals surface area contributed by atoms with Crippen molar-refractivity contribution < 1.29 is 0 Å². The third-order valence-corrected chi connectivity index (χ3v) is 3.27. The van der Waals surface area contributed by atoms with Gasteiger partial charge in [-0.05, 0) is 30.4 Å². The lowest BCUT2D eigenvalue weighted by Gasteiger charge is -2.31. The second-order valence-electron chi connectivity index (χ2n) is 3.74. The Morgan fingerprint density at radius 3 is 2.43 bits per heavy atom. The highest BCUT2D eigenvalue weighted by molar-refractivity contribution is 6.31. The molecule has 0 spiro atoms. The second-order valence-corrected chi connectivity index (χ2v) is 4.15. The molecule has 1 aromatic rings. The SMILES string of the molecule is Cl.N[C@H](c1ccccc1Cl)C1CCC1. The van der Waals surface area contributed by atoms with Crippen LogP contribution in [0, 0.1) is 5.92 Å². The number of benzene rings is 1. The van der Waals surface area contributed by atoms with Gasteiger partial charge < -0.3 is 5.73 Å². The van der Waals surface area contributed by atoms with Crippen molar-refractivity contribution in [3.8, 4) is 0 Å². The van der Waals surface area contributed by atoms with E-state index in [1.165, 1.54) is 19.3 Å². The molecule has 0 unspecified atom stereocenters. The van der Waals surface area contributed by atoms with Crippen LogP contribution in [0.25, 0.3) is 0 Å². The highest BCUT2D eigenvalue weighted by Gasteiger charge is 2.26. The molecule has 2 N–H and O–H groups in total. The molecule has 1 nitrogen and oxygen atoms in total. The topological polar surface area (TPSA) is 26.0 Å². The largest absolute Gasteiger partial charge is 0.324 e. The van der Waals surface area contributed by atoms with E-state index in [9.17, 15) is 0 Å². The van der Waals surface area contributed by atoms with Gasteiger partial charge in [-0.2, -0.15) is 0 Å². The zero-order chi connectivity index (χ0) is 9.26. The van der Waals surface area contributed by atoms with Crippen molar-refractivity contribution in [2.75, 3.05) is 0 Å². The first-order chi connectivity index (χ1) is 6.29. The van der Waals surface area contributed by atoms with E-state index in [0.717, 1.165) is 10.6 Å². The molecule has 1 aromatic carbocycles. The van der Waals surface area contributed by atoms with Crippen molar-refractivity contribution in [2.24, 2.45) is 11.7 Å². The zero-order valence-electron chi connectivity index (χ0n) is 7.95. The zero-order valence-corrected chi connectivity index (χ0v) is 9.52. The van der Waals surface area contributed by atoms with Crippen LogP contribution in [-0.2, 0) is 0 Å². The Labute approximate surface area is 96.0 Å². The number of hydrogen-bond acceptors (Lipinski definition) is 1. The molecule has 1 aliphatic rings. The Hall–Kier alpha value is -0.240. The summed E-state index contributed by atoms with van der Waals surface area (Å²) in [6.45, 7) is 0. The van der Waals surface area contributed by atoms with E-state index >= 15 is 0 Å². The number of halogens is 2. The standard InChI is InChI=1S/C11H14ClN.ClH/c12-10-7-2-1-6-9(10)11(13)8-4-3-5-8;/h1-2,6-8,11H,3-5,13H2;1H/t11-;/m0./s1. The molecule has 78 valence electrons. The van der Waals surface area contributed by atoms with Crippen LogP contribution in [0.3, 0.4) is 0 Å². The van der Waals surface area contributed by atoms with Gasteiger partial charge >= 0.3 is 0 Å². The van der Waals surface area contributed by atoms with E-state index in [1.807, 2.05) is 24.3 Å². The Kier molecular flexibility index (Phi) is 4.24. The molecule has 0 heterocycles. The Morgan fingerprint density at radius 2 is 1.93 bits per heavy atom. The van der Waals surface area contributed by atoms with E-state index in [1.54, 1.807) is 0 Å². The molecule has 1 aliphatic carbocycles. The van der Waals surface area contributed by atoms with E-state index in [0.29, 0.717) is 5.92 Å². The normalized spacial score (nSPS) is 18.1. The molecule has 3 heteroatoms. The summed E-state index contributed by atoms with van der Waals surface area (Å²) in [5.74, 6) is 0.653. The quantitative estimate of drug-likeness (QED) is 0.828. The van der Waals surface area contributed by atoms with Gasteiger partial charge in [0.05, 0.1) is 0 Å². The van der Waals surface area contributed by atoms with Crippen molar-refractivity contribution in [3.05, 3.63) is 34.9 Å². The van der Waals surface area contributed by atoms with Crippen molar-refractivity contribution in [2.45, 2.75) is 25.3 Å². The third kappa shape index (κ3) is 2.22. The molecule has 0 saturated heterocycles. The molecule has 1 fully saturated rings. The molecular formula is C11H15Cl2N. The summed E-state index contributed by atoms with van der Waals surface area (Å²) in [5.41, 5.74) is 7.22. The van der Waals surface area contributed by atoms with Gasteiger partial charge in [0.1, 0.15) is 0 Å². The molecule has 1 atom stereocenters. The lowest BCUT2D eigenvalue weighted by Crippen LogP contribution is -2.26. The smallest absolute Gasteiger partial charge is 0.0453 e. The summed E-state index contributed by atoms with van der Waals surface area (Å²) in [7, 11) is 0. The molecule has 0 bridgehead atoms. The van der Waals surface area contributed by atoms with Crippen molar-refractivity contribution >= 4 is 24.0 Å². The fraction of sp³-hybridized carbons (Fsp3) is 0.455. The first-order valence-corrected chi connectivity index (χ1v) is 5.17. The van der Waals surface area contributed by atoms with Gasteiger partial charge in [0.25, 0.3) is 0 Å². The fourth-order valence-corrected chi connectivity index (χ4v) is 2.06. The minimum absolute atomic E-state index is 0. The number of hydrogen-bond donors (Lipinski definition) is 1. The van der Waals surface area contributed by atoms with Gasteiger partial charge in [-0.1, -0.05) is 36.2 Å². The summed E-state index contributed by atoms with van der Waals surface area (Å²) in [6.07, 6.45) is 3.83. The van der Waals surface area contributed by atoms with Crippen LogP contribution in [0.1, 0.15) is 30.9 Å². The van der Waals surface area contributed by atoms with Gasteiger partial charge in [0, 0.05) is 11.1 Å². The van der Waals surface area contributed by atoms with E-state index in [2.05, 4.69) is 0 Å². The Balaban J connectivity index is 0.000000980. The van der Waals surface area contributed by atoms with Gasteiger partial charge in [-0.15, -0.1) is 12.4 Å². The van der Waals surface area contributed by atoms with Crippen molar-refractivity contribution in [1.82, 2.24) is 0 Å². The molecule has 0 radical (unpaired) electrons. The van der Waals surface area contributed by atoms with E-state index in [4.69, 9.17) is 17.3 Å². The lowest BCUT2D eigenvalue weighted by molar-refractivity contribution is 0.264. The highest BCUT2D eigenvalue weighted by atomic mass is 35.5. The summed E-state index contributed by atoms with van der Waals surface area (Å²) in [5, 5.41) is 0.807. The van der Waals surface area contributed by atoms with Crippen LogP contribution in [0.4, 0.5) is 0 Å². The van der Waals surface area contributed by atoms with E-state index in [-0.39, 0.29) is 18.4 Å². The summed E-state index contributed by atoms with van der Waals surface area (Å²) in [4.78, 5) is 0.